The molecule has 0 heterocycles. The van der Waals surface area contributed by atoms with Gasteiger partial charge in [0.1, 0.15) is 23.2 Å². The normalized spacial score (nSPS) is 11.1. The third kappa shape index (κ3) is 4.02. The Morgan fingerprint density at radius 2 is 0.839 bits per heavy atom. The van der Waals surface area contributed by atoms with Crippen LogP contribution in [-0.2, 0) is 6.16 Å². The molecule has 0 aliphatic heterocycles. The van der Waals surface area contributed by atoms with E-state index in [4.69, 9.17) is 0 Å². The van der Waals surface area contributed by atoms with Crippen LogP contribution in [0.4, 0.5) is 0 Å². The van der Waals surface area contributed by atoms with Gasteiger partial charge in [-0.1, -0.05) is 97.1 Å². The van der Waals surface area contributed by atoms with E-state index in [0.29, 0.717) is 0 Å². The monoisotopic (exact) mass is 438 g/mol. The second kappa shape index (κ2) is 9.48. The number of halogens is 1. The van der Waals surface area contributed by atoms with E-state index in [1.54, 1.807) is 0 Å². The van der Waals surface area contributed by atoms with E-state index < -0.39 is 7.26 Å². The molecule has 0 amide bonds. The quantitative estimate of drug-likeness (QED) is 0.369. The maximum absolute atomic E-state index is 2.32. The van der Waals surface area contributed by atoms with Gasteiger partial charge in [-0.2, -0.15) is 0 Å². The third-order valence-electron chi connectivity index (χ3n) is 5.88. The van der Waals surface area contributed by atoms with E-state index in [9.17, 15) is 0 Å². The molecule has 0 atom stereocenters. The van der Waals surface area contributed by atoms with Crippen molar-refractivity contribution in [3.8, 4) is 0 Å². The van der Waals surface area contributed by atoms with Crippen molar-refractivity contribution in [1.82, 2.24) is 0 Å². The summed E-state index contributed by atoms with van der Waals surface area (Å²) in [5.41, 5.74) is 1.41. The Hall–Kier alpha value is -2.92. The number of hydrogen-bond donors (Lipinski definition) is 0. The lowest BCUT2D eigenvalue weighted by atomic mass is 10.1. The van der Waals surface area contributed by atoms with Gasteiger partial charge in [0.05, 0.1) is 6.16 Å². The van der Waals surface area contributed by atoms with Crippen LogP contribution in [0, 0.1) is 0 Å². The molecular formula is C29H24ClP. The van der Waals surface area contributed by atoms with Gasteiger partial charge < -0.3 is 12.4 Å². The summed E-state index contributed by atoms with van der Waals surface area (Å²) in [4.78, 5) is 0. The van der Waals surface area contributed by atoms with Gasteiger partial charge in [0, 0.05) is 0 Å². The summed E-state index contributed by atoms with van der Waals surface area (Å²) in [6.45, 7) is 0. The minimum absolute atomic E-state index is 0. The molecule has 0 aliphatic rings. The highest BCUT2D eigenvalue weighted by Crippen LogP contribution is 2.58. The van der Waals surface area contributed by atoms with Crippen molar-refractivity contribution in [2.45, 2.75) is 6.16 Å². The molecule has 0 N–H and O–H groups in total. The standard InChI is InChI=1S/C29H24P.ClH/c1-4-16-26(17-5-1)30(27-18-6-2-7-19-27,28-20-8-3-9-21-28)23-25-15-12-14-24-13-10-11-22-29(24)25;/h1-22H,23H2;1H/q+1;/p-1. The van der Waals surface area contributed by atoms with E-state index in [1.807, 2.05) is 0 Å². The molecule has 0 spiro atoms. The lowest BCUT2D eigenvalue weighted by Gasteiger charge is -2.28. The van der Waals surface area contributed by atoms with Crippen molar-refractivity contribution in [3.05, 3.63) is 139 Å². The summed E-state index contributed by atoms with van der Waals surface area (Å²) in [6, 6.07) is 48.8. The number of rotatable bonds is 5. The Bertz CT molecular complexity index is 1150. The van der Waals surface area contributed by atoms with E-state index in [-0.39, 0.29) is 12.4 Å². The summed E-state index contributed by atoms with van der Waals surface area (Å²) in [5, 5.41) is 6.94. The molecule has 0 aromatic heterocycles. The molecule has 0 saturated carbocycles. The van der Waals surface area contributed by atoms with Crippen LogP contribution < -0.4 is 28.3 Å². The third-order valence-corrected chi connectivity index (χ3v) is 10.2. The van der Waals surface area contributed by atoms with E-state index in [0.717, 1.165) is 6.16 Å². The molecule has 5 aromatic rings. The fourth-order valence-corrected chi connectivity index (χ4v) is 8.73. The first-order valence-electron chi connectivity index (χ1n) is 10.4. The van der Waals surface area contributed by atoms with Gasteiger partial charge in [-0.3, -0.25) is 0 Å². The maximum Gasteiger partial charge on any atom is 0.116 e. The zero-order valence-corrected chi connectivity index (χ0v) is 18.9. The molecule has 0 radical (unpaired) electrons. The van der Waals surface area contributed by atoms with Crippen LogP contribution >= 0.6 is 7.26 Å². The first-order chi connectivity index (χ1) is 14.9. The molecule has 0 saturated heterocycles. The van der Waals surface area contributed by atoms with Gasteiger partial charge in [-0.25, -0.2) is 0 Å². The highest BCUT2D eigenvalue weighted by molar-refractivity contribution is 7.95. The van der Waals surface area contributed by atoms with Crippen LogP contribution in [0.25, 0.3) is 10.8 Å². The summed E-state index contributed by atoms with van der Waals surface area (Å²) in [6.07, 6.45) is 1.01. The van der Waals surface area contributed by atoms with Gasteiger partial charge in [-0.15, -0.1) is 0 Å². The Morgan fingerprint density at radius 3 is 1.35 bits per heavy atom. The summed E-state index contributed by atoms with van der Waals surface area (Å²) in [5.74, 6) is 0. The largest absolute Gasteiger partial charge is 1.00 e. The minimum Gasteiger partial charge on any atom is -1.00 e. The molecule has 31 heavy (non-hydrogen) atoms. The molecule has 0 nitrogen and oxygen atoms in total. The smallest absolute Gasteiger partial charge is 0.116 e. The molecule has 0 aliphatic carbocycles. The van der Waals surface area contributed by atoms with Crippen molar-refractivity contribution >= 4 is 33.9 Å². The lowest BCUT2D eigenvalue weighted by Crippen LogP contribution is -3.00. The zero-order chi connectivity index (χ0) is 20.2. The second-order valence-electron chi connectivity index (χ2n) is 7.61. The lowest BCUT2D eigenvalue weighted by molar-refractivity contribution is -0.00000572. The predicted octanol–water partition coefficient (Wildman–Crippen LogP) is 3.34. The molecule has 5 aromatic carbocycles. The van der Waals surface area contributed by atoms with Crippen LogP contribution in [0.5, 0.6) is 0 Å². The van der Waals surface area contributed by atoms with Crippen molar-refractivity contribution in [3.63, 3.8) is 0 Å². The van der Waals surface area contributed by atoms with Gasteiger partial charge in [0.25, 0.3) is 0 Å². The predicted molar refractivity (Wildman–Crippen MR) is 133 cm³/mol. The average Bonchev–Trinajstić information content (AvgIpc) is 2.84. The Kier molecular flexibility index (Phi) is 6.52. The van der Waals surface area contributed by atoms with Crippen LogP contribution in [0.2, 0.25) is 0 Å². The zero-order valence-electron chi connectivity index (χ0n) is 17.2. The molecule has 0 bridgehead atoms. The number of hydrogen-bond acceptors (Lipinski definition) is 0. The molecular weight excluding hydrogens is 415 g/mol. The van der Waals surface area contributed by atoms with Crippen molar-refractivity contribution in [1.29, 1.82) is 0 Å². The van der Waals surface area contributed by atoms with Gasteiger partial charge in [0.15, 0.2) is 0 Å². The Balaban J connectivity index is 0.00000231. The topological polar surface area (TPSA) is 0 Å². The first kappa shape index (κ1) is 21.3. The van der Waals surface area contributed by atoms with Crippen molar-refractivity contribution in [2.75, 3.05) is 0 Å². The number of benzene rings is 5. The van der Waals surface area contributed by atoms with Gasteiger partial charge in [0.2, 0.25) is 0 Å². The molecule has 152 valence electrons. The van der Waals surface area contributed by atoms with E-state index in [1.165, 1.54) is 32.2 Å². The Morgan fingerprint density at radius 1 is 0.419 bits per heavy atom. The highest BCUT2D eigenvalue weighted by atomic mass is 35.5. The number of fused-ring (bicyclic) bond motifs is 1. The molecule has 0 unspecified atom stereocenters. The summed E-state index contributed by atoms with van der Waals surface area (Å²) in [7, 11) is -1.88. The molecule has 2 heteroatoms. The van der Waals surface area contributed by atoms with E-state index >= 15 is 0 Å². The Labute approximate surface area is 191 Å². The molecule has 0 fully saturated rings. The minimum atomic E-state index is -1.88. The SMILES string of the molecule is [Cl-].c1ccc([P+](Cc2cccc3ccccc23)(c2ccccc2)c2ccccc2)cc1. The van der Waals surface area contributed by atoms with Gasteiger partial charge in [-0.05, 0) is 52.7 Å². The average molecular weight is 439 g/mol. The highest BCUT2D eigenvalue weighted by Gasteiger charge is 2.45. The van der Waals surface area contributed by atoms with Crippen LogP contribution in [-0.4, -0.2) is 0 Å². The summed E-state index contributed by atoms with van der Waals surface area (Å²) < 4.78 is 0. The maximum atomic E-state index is 2.32. The van der Waals surface area contributed by atoms with Crippen molar-refractivity contribution in [2.24, 2.45) is 0 Å². The fraction of sp³-hybridized carbons (Fsp3) is 0.0345. The van der Waals surface area contributed by atoms with Crippen LogP contribution in [0.15, 0.2) is 133 Å². The second-order valence-corrected chi connectivity index (χ2v) is 11.1. The fourth-order valence-electron chi connectivity index (χ4n) is 4.45. The van der Waals surface area contributed by atoms with Gasteiger partial charge >= 0.3 is 0 Å². The van der Waals surface area contributed by atoms with Crippen molar-refractivity contribution < 1.29 is 12.4 Å². The molecule has 5 rings (SSSR count). The van der Waals surface area contributed by atoms with Crippen LogP contribution in [0.3, 0.4) is 0 Å². The van der Waals surface area contributed by atoms with Crippen LogP contribution in [0.1, 0.15) is 5.56 Å². The first-order valence-corrected chi connectivity index (χ1v) is 12.4. The summed E-state index contributed by atoms with van der Waals surface area (Å²) >= 11 is 0. The van der Waals surface area contributed by atoms with E-state index in [2.05, 4.69) is 133 Å².